The van der Waals surface area contributed by atoms with Crippen LogP contribution < -0.4 is 5.32 Å². The summed E-state index contributed by atoms with van der Waals surface area (Å²) in [5, 5.41) is 3.19. The van der Waals surface area contributed by atoms with Crippen molar-refractivity contribution in [2.24, 2.45) is 5.41 Å². The molecule has 0 spiro atoms. The molecule has 0 saturated carbocycles. The Hall–Kier alpha value is -1.23. The molecule has 0 atom stereocenters. The number of rotatable bonds is 3. The Kier molecular flexibility index (Phi) is 3.57. The Bertz CT molecular complexity index is 357. The summed E-state index contributed by atoms with van der Waals surface area (Å²) >= 11 is 0. The minimum Gasteiger partial charge on any atom is -0.354 e. The maximum atomic E-state index is 12.6. The van der Waals surface area contributed by atoms with Crippen molar-refractivity contribution < 1.29 is 4.39 Å². The second-order valence-corrected chi connectivity index (χ2v) is 5.19. The van der Waals surface area contributed by atoms with Gasteiger partial charge in [-0.15, -0.1) is 0 Å². The van der Waals surface area contributed by atoms with Crippen LogP contribution in [0.15, 0.2) is 12.4 Å². The lowest BCUT2D eigenvalue weighted by atomic mass is 9.80. The number of anilines is 1. The summed E-state index contributed by atoms with van der Waals surface area (Å²) in [4.78, 5) is 10.1. The van der Waals surface area contributed by atoms with E-state index in [0.29, 0.717) is 5.95 Å². The lowest BCUT2D eigenvalue weighted by Gasteiger charge is -2.37. The minimum atomic E-state index is -0.402. The molecule has 4 nitrogen and oxygen atoms in total. The van der Waals surface area contributed by atoms with E-state index < -0.39 is 5.82 Å². The number of hydrogen-bond acceptors (Lipinski definition) is 4. The van der Waals surface area contributed by atoms with Crippen LogP contribution in [0.2, 0.25) is 0 Å². The zero-order chi connectivity index (χ0) is 12.3. The van der Waals surface area contributed by atoms with Crippen LogP contribution in [0.3, 0.4) is 0 Å². The van der Waals surface area contributed by atoms with E-state index in [-0.39, 0.29) is 5.41 Å². The topological polar surface area (TPSA) is 41.0 Å². The maximum absolute atomic E-state index is 12.6. The fourth-order valence-corrected chi connectivity index (χ4v) is 2.03. The van der Waals surface area contributed by atoms with Gasteiger partial charge in [0.15, 0.2) is 5.82 Å². The summed E-state index contributed by atoms with van der Waals surface area (Å²) in [5.41, 5.74) is 0.282. The molecule has 5 heteroatoms. The van der Waals surface area contributed by atoms with Gasteiger partial charge < -0.3 is 10.2 Å². The highest BCUT2D eigenvalue weighted by Crippen LogP contribution is 2.30. The molecule has 1 fully saturated rings. The Morgan fingerprint density at radius 1 is 1.35 bits per heavy atom. The molecule has 94 valence electrons. The molecule has 1 aromatic heterocycles. The molecule has 0 radical (unpaired) electrons. The SMILES string of the molecule is CN1CCC(C)(CNc2ncc(F)cn2)CC1. The molecule has 1 aliphatic rings. The predicted molar refractivity (Wildman–Crippen MR) is 65.3 cm³/mol. The Labute approximate surface area is 101 Å². The first kappa shape index (κ1) is 12.2. The summed E-state index contributed by atoms with van der Waals surface area (Å²) < 4.78 is 12.6. The third kappa shape index (κ3) is 3.36. The number of likely N-dealkylation sites (tertiary alicyclic amines) is 1. The molecule has 1 aliphatic heterocycles. The van der Waals surface area contributed by atoms with Crippen molar-refractivity contribution in [1.29, 1.82) is 0 Å². The Morgan fingerprint density at radius 2 is 1.94 bits per heavy atom. The minimum absolute atomic E-state index is 0.282. The van der Waals surface area contributed by atoms with Crippen LogP contribution in [0.1, 0.15) is 19.8 Å². The Balaban J connectivity index is 1.87. The van der Waals surface area contributed by atoms with Crippen LogP contribution in [0, 0.1) is 11.2 Å². The molecule has 1 aromatic rings. The number of halogens is 1. The van der Waals surface area contributed by atoms with Crippen molar-refractivity contribution in [2.45, 2.75) is 19.8 Å². The van der Waals surface area contributed by atoms with Crippen molar-refractivity contribution in [3.05, 3.63) is 18.2 Å². The van der Waals surface area contributed by atoms with Crippen LogP contribution >= 0.6 is 0 Å². The fourth-order valence-electron chi connectivity index (χ4n) is 2.03. The van der Waals surface area contributed by atoms with Gasteiger partial charge in [-0.2, -0.15) is 0 Å². The highest BCUT2D eigenvalue weighted by atomic mass is 19.1. The van der Waals surface area contributed by atoms with Gasteiger partial charge >= 0.3 is 0 Å². The van der Waals surface area contributed by atoms with E-state index in [1.165, 1.54) is 12.4 Å². The molecule has 0 unspecified atom stereocenters. The zero-order valence-corrected chi connectivity index (χ0v) is 10.4. The van der Waals surface area contributed by atoms with E-state index in [1.807, 2.05) is 0 Å². The van der Waals surface area contributed by atoms with Gasteiger partial charge in [0.05, 0.1) is 12.4 Å². The second kappa shape index (κ2) is 4.96. The van der Waals surface area contributed by atoms with Crippen LogP contribution in [0.4, 0.5) is 10.3 Å². The second-order valence-electron chi connectivity index (χ2n) is 5.19. The van der Waals surface area contributed by atoms with Crippen molar-refractivity contribution in [3.63, 3.8) is 0 Å². The van der Waals surface area contributed by atoms with E-state index in [4.69, 9.17) is 0 Å². The molecule has 17 heavy (non-hydrogen) atoms. The summed E-state index contributed by atoms with van der Waals surface area (Å²) in [6.07, 6.45) is 4.70. The molecule has 0 amide bonds. The number of hydrogen-bond donors (Lipinski definition) is 1. The van der Waals surface area contributed by atoms with Gasteiger partial charge in [0.2, 0.25) is 5.95 Å². The lowest BCUT2D eigenvalue weighted by Crippen LogP contribution is -2.40. The van der Waals surface area contributed by atoms with Gasteiger partial charge in [0, 0.05) is 6.54 Å². The highest BCUT2D eigenvalue weighted by Gasteiger charge is 2.28. The first-order chi connectivity index (χ1) is 8.07. The van der Waals surface area contributed by atoms with Gasteiger partial charge in [-0.25, -0.2) is 14.4 Å². The number of aromatic nitrogens is 2. The van der Waals surface area contributed by atoms with Gasteiger partial charge in [-0.1, -0.05) is 6.92 Å². The number of piperidine rings is 1. The van der Waals surface area contributed by atoms with Gasteiger partial charge in [0.1, 0.15) is 0 Å². The third-order valence-corrected chi connectivity index (χ3v) is 3.49. The summed E-state index contributed by atoms with van der Waals surface area (Å²) in [6.45, 7) is 5.37. The summed E-state index contributed by atoms with van der Waals surface area (Å²) in [7, 11) is 2.15. The molecule has 1 saturated heterocycles. The van der Waals surface area contributed by atoms with Crippen LogP contribution in [0.5, 0.6) is 0 Å². The molecular formula is C12H19FN4. The van der Waals surface area contributed by atoms with E-state index >= 15 is 0 Å². The van der Waals surface area contributed by atoms with Crippen molar-refractivity contribution in [1.82, 2.24) is 14.9 Å². The predicted octanol–water partition coefficient (Wildman–Crippen LogP) is 1.76. The van der Waals surface area contributed by atoms with E-state index in [9.17, 15) is 4.39 Å². The average molecular weight is 238 g/mol. The normalized spacial score (nSPS) is 20.2. The first-order valence-corrected chi connectivity index (χ1v) is 5.97. The quantitative estimate of drug-likeness (QED) is 0.871. The van der Waals surface area contributed by atoms with E-state index in [2.05, 4.69) is 34.2 Å². The molecule has 0 aliphatic carbocycles. The molecule has 0 aromatic carbocycles. The molecular weight excluding hydrogens is 219 g/mol. The lowest BCUT2D eigenvalue weighted by molar-refractivity contribution is 0.150. The summed E-state index contributed by atoms with van der Waals surface area (Å²) in [6, 6.07) is 0. The largest absolute Gasteiger partial charge is 0.354 e. The van der Waals surface area contributed by atoms with Crippen LogP contribution in [0.25, 0.3) is 0 Å². The smallest absolute Gasteiger partial charge is 0.222 e. The number of nitrogens with one attached hydrogen (secondary N) is 1. The summed E-state index contributed by atoms with van der Waals surface area (Å²) in [5.74, 6) is 0.104. The molecule has 2 rings (SSSR count). The van der Waals surface area contributed by atoms with E-state index in [1.54, 1.807) is 0 Å². The van der Waals surface area contributed by atoms with Crippen molar-refractivity contribution in [2.75, 3.05) is 32.0 Å². The molecule has 1 N–H and O–H groups in total. The van der Waals surface area contributed by atoms with Gasteiger partial charge in [0.25, 0.3) is 0 Å². The number of nitrogens with zero attached hydrogens (tertiary/aromatic N) is 3. The molecule has 2 heterocycles. The standard InChI is InChI=1S/C12H19FN4/c1-12(3-5-17(2)6-4-12)9-16-11-14-7-10(13)8-15-11/h7-8H,3-6,9H2,1-2H3,(H,14,15,16). The van der Waals surface area contributed by atoms with E-state index in [0.717, 1.165) is 32.5 Å². The third-order valence-electron chi connectivity index (χ3n) is 3.49. The van der Waals surface area contributed by atoms with Crippen LogP contribution in [-0.4, -0.2) is 41.5 Å². The van der Waals surface area contributed by atoms with Crippen molar-refractivity contribution in [3.8, 4) is 0 Å². The maximum Gasteiger partial charge on any atom is 0.222 e. The Morgan fingerprint density at radius 3 is 2.53 bits per heavy atom. The van der Waals surface area contributed by atoms with Gasteiger partial charge in [-0.05, 0) is 38.4 Å². The monoisotopic (exact) mass is 238 g/mol. The molecule has 0 bridgehead atoms. The van der Waals surface area contributed by atoms with Crippen LogP contribution in [-0.2, 0) is 0 Å². The first-order valence-electron chi connectivity index (χ1n) is 5.97. The average Bonchev–Trinajstić information content (AvgIpc) is 2.33. The highest BCUT2D eigenvalue weighted by molar-refractivity contribution is 5.23. The fraction of sp³-hybridized carbons (Fsp3) is 0.667. The zero-order valence-electron chi connectivity index (χ0n) is 10.4. The van der Waals surface area contributed by atoms with Gasteiger partial charge in [-0.3, -0.25) is 0 Å². The van der Waals surface area contributed by atoms with Crippen molar-refractivity contribution >= 4 is 5.95 Å².